The van der Waals surface area contributed by atoms with Crippen LogP contribution in [-0.2, 0) is 0 Å². The minimum atomic E-state index is 0.942. The largest absolute Gasteiger partial charge is 0.300 e. The molecule has 0 aromatic heterocycles. The van der Waals surface area contributed by atoms with Crippen molar-refractivity contribution < 1.29 is 0 Å². The van der Waals surface area contributed by atoms with Crippen molar-refractivity contribution in [3.05, 3.63) is 0 Å². The molecule has 5 rings (SSSR count). The number of hydrogen-bond acceptors (Lipinski definition) is 1. The molecule has 1 saturated heterocycles. The van der Waals surface area contributed by atoms with E-state index >= 15 is 0 Å². The van der Waals surface area contributed by atoms with Gasteiger partial charge in [-0.1, -0.05) is 96.3 Å². The Morgan fingerprint density at radius 2 is 0.875 bits per heavy atom. The lowest BCUT2D eigenvalue weighted by molar-refractivity contribution is 0.0319. The number of piperidine rings is 1. The first kappa shape index (κ1) is 23.7. The second kappa shape index (κ2) is 12.1. The second-order valence-electron chi connectivity index (χ2n) is 13.2. The van der Waals surface area contributed by atoms with Gasteiger partial charge in [0.2, 0.25) is 0 Å². The first-order valence-electron chi connectivity index (χ1n) is 15.6. The van der Waals surface area contributed by atoms with Crippen LogP contribution in [0.5, 0.6) is 0 Å². The monoisotopic (exact) mass is 441 g/mol. The van der Waals surface area contributed by atoms with Crippen molar-refractivity contribution >= 4 is 0 Å². The van der Waals surface area contributed by atoms with E-state index in [9.17, 15) is 0 Å². The second-order valence-corrected chi connectivity index (χ2v) is 13.2. The topological polar surface area (TPSA) is 3.24 Å². The molecule has 4 aliphatic carbocycles. The molecule has 184 valence electrons. The third-order valence-electron chi connectivity index (χ3n) is 11.3. The van der Waals surface area contributed by atoms with Gasteiger partial charge in [-0.25, -0.2) is 0 Å². The summed E-state index contributed by atoms with van der Waals surface area (Å²) in [6.07, 6.45) is 34.0. The molecule has 1 unspecified atom stereocenters. The molecule has 4 saturated carbocycles. The van der Waals surface area contributed by atoms with Gasteiger partial charge in [0.05, 0.1) is 0 Å². The molecule has 1 aliphatic heterocycles. The maximum absolute atomic E-state index is 3.07. The van der Waals surface area contributed by atoms with Crippen LogP contribution in [-0.4, -0.2) is 24.0 Å². The lowest BCUT2D eigenvalue weighted by Gasteiger charge is -2.47. The lowest BCUT2D eigenvalue weighted by Crippen LogP contribution is -2.48. The van der Waals surface area contributed by atoms with Crippen molar-refractivity contribution in [2.45, 2.75) is 147 Å². The van der Waals surface area contributed by atoms with Gasteiger partial charge in [-0.15, -0.1) is 0 Å². The average molecular weight is 442 g/mol. The number of rotatable bonds is 6. The standard InChI is InChI=1S/C31H55N/c1-4-10-25(11-5-1)24-31(30-18-16-28(17-19-30)26-12-6-2-7-13-26)32-22-20-29(21-23-32)27-14-8-3-9-15-27/h25-31H,1-24H2. The van der Waals surface area contributed by atoms with Crippen LogP contribution < -0.4 is 0 Å². The van der Waals surface area contributed by atoms with Crippen LogP contribution in [0.1, 0.15) is 141 Å². The van der Waals surface area contributed by atoms with Crippen molar-refractivity contribution in [3.8, 4) is 0 Å². The maximum atomic E-state index is 3.07. The highest BCUT2D eigenvalue weighted by Gasteiger charge is 2.37. The van der Waals surface area contributed by atoms with Crippen LogP contribution in [0.25, 0.3) is 0 Å². The molecule has 1 heterocycles. The number of hydrogen-bond donors (Lipinski definition) is 0. The quantitative estimate of drug-likeness (QED) is 0.397. The van der Waals surface area contributed by atoms with E-state index in [1.165, 1.54) is 83.7 Å². The summed E-state index contributed by atoms with van der Waals surface area (Å²) in [7, 11) is 0. The normalized spacial score (nSPS) is 34.5. The molecule has 1 atom stereocenters. The van der Waals surface area contributed by atoms with E-state index in [4.69, 9.17) is 0 Å². The predicted molar refractivity (Wildman–Crippen MR) is 138 cm³/mol. The highest BCUT2D eigenvalue weighted by atomic mass is 15.2. The van der Waals surface area contributed by atoms with E-state index in [2.05, 4.69) is 4.90 Å². The zero-order valence-corrected chi connectivity index (χ0v) is 21.5. The zero-order valence-electron chi connectivity index (χ0n) is 21.5. The molecule has 0 amide bonds. The molecule has 5 fully saturated rings. The Morgan fingerprint density at radius 1 is 0.438 bits per heavy atom. The predicted octanol–water partition coefficient (Wildman–Crippen LogP) is 9.00. The van der Waals surface area contributed by atoms with Crippen LogP contribution in [0.4, 0.5) is 0 Å². The molecule has 1 heteroatoms. The van der Waals surface area contributed by atoms with E-state index in [0.717, 1.165) is 41.5 Å². The molecule has 32 heavy (non-hydrogen) atoms. The van der Waals surface area contributed by atoms with E-state index in [0.29, 0.717) is 0 Å². The third-order valence-corrected chi connectivity index (χ3v) is 11.3. The van der Waals surface area contributed by atoms with Crippen LogP contribution in [0, 0.1) is 35.5 Å². The smallest absolute Gasteiger partial charge is 0.0126 e. The third kappa shape index (κ3) is 6.14. The van der Waals surface area contributed by atoms with Gasteiger partial charge in [0, 0.05) is 6.04 Å². The van der Waals surface area contributed by atoms with Crippen molar-refractivity contribution in [1.29, 1.82) is 0 Å². The first-order valence-corrected chi connectivity index (χ1v) is 15.6. The van der Waals surface area contributed by atoms with Crippen molar-refractivity contribution in [2.75, 3.05) is 13.1 Å². The summed E-state index contributed by atoms with van der Waals surface area (Å²) < 4.78 is 0. The summed E-state index contributed by atoms with van der Waals surface area (Å²) in [6, 6.07) is 0.942. The Balaban J connectivity index is 1.17. The zero-order chi connectivity index (χ0) is 21.6. The number of likely N-dealkylation sites (tertiary alicyclic amines) is 1. The molecule has 5 aliphatic rings. The van der Waals surface area contributed by atoms with Gasteiger partial charge in [0.1, 0.15) is 0 Å². The fourth-order valence-electron chi connectivity index (χ4n) is 9.34. The Hall–Kier alpha value is -0.0400. The van der Waals surface area contributed by atoms with Crippen molar-refractivity contribution in [1.82, 2.24) is 4.90 Å². The van der Waals surface area contributed by atoms with Crippen molar-refractivity contribution in [3.63, 3.8) is 0 Å². The Morgan fingerprint density at radius 3 is 1.41 bits per heavy atom. The molecule has 0 N–H and O–H groups in total. The summed E-state index contributed by atoms with van der Waals surface area (Å²) in [5.41, 5.74) is 0. The van der Waals surface area contributed by atoms with Gasteiger partial charge >= 0.3 is 0 Å². The van der Waals surface area contributed by atoms with Crippen molar-refractivity contribution in [2.24, 2.45) is 35.5 Å². The van der Waals surface area contributed by atoms with Gasteiger partial charge in [-0.2, -0.15) is 0 Å². The summed E-state index contributed by atoms with van der Waals surface area (Å²) in [5, 5.41) is 0. The average Bonchev–Trinajstić information content (AvgIpc) is 2.89. The molecular weight excluding hydrogens is 386 g/mol. The SMILES string of the molecule is C1CCC(CC(C2CCC(C3CCCCC3)CC2)N2CCC(C3CCCCC3)CC2)CC1. The highest BCUT2D eigenvalue weighted by Crippen LogP contribution is 2.44. The molecular formula is C31H55N. The fourth-order valence-corrected chi connectivity index (χ4v) is 9.34. The van der Waals surface area contributed by atoms with Crippen LogP contribution in [0.3, 0.4) is 0 Å². The number of nitrogens with zero attached hydrogens (tertiary/aromatic N) is 1. The molecule has 0 aromatic rings. The van der Waals surface area contributed by atoms with Gasteiger partial charge in [0.25, 0.3) is 0 Å². The van der Waals surface area contributed by atoms with E-state index in [1.54, 1.807) is 70.6 Å². The molecule has 0 aromatic carbocycles. The highest BCUT2D eigenvalue weighted by molar-refractivity contribution is 4.91. The summed E-state index contributed by atoms with van der Waals surface area (Å²) in [4.78, 5) is 3.07. The minimum absolute atomic E-state index is 0.942. The van der Waals surface area contributed by atoms with E-state index in [-0.39, 0.29) is 0 Å². The van der Waals surface area contributed by atoms with Gasteiger partial charge in [-0.05, 0) is 93.5 Å². The summed E-state index contributed by atoms with van der Waals surface area (Å²) in [6.45, 7) is 2.89. The van der Waals surface area contributed by atoms with Gasteiger partial charge in [-0.3, -0.25) is 0 Å². The van der Waals surface area contributed by atoms with Gasteiger partial charge in [0.15, 0.2) is 0 Å². The lowest BCUT2D eigenvalue weighted by atomic mass is 9.68. The molecule has 0 radical (unpaired) electrons. The fraction of sp³-hybridized carbons (Fsp3) is 1.00. The first-order chi connectivity index (χ1) is 15.9. The summed E-state index contributed by atoms with van der Waals surface area (Å²) in [5.74, 6) is 6.45. The summed E-state index contributed by atoms with van der Waals surface area (Å²) >= 11 is 0. The Labute approximate surface area is 200 Å². The van der Waals surface area contributed by atoms with Crippen LogP contribution in [0.2, 0.25) is 0 Å². The molecule has 1 nitrogen and oxygen atoms in total. The molecule has 0 bridgehead atoms. The van der Waals surface area contributed by atoms with Crippen LogP contribution >= 0.6 is 0 Å². The Bertz CT molecular complexity index is 471. The van der Waals surface area contributed by atoms with E-state index in [1.807, 2.05) is 0 Å². The molecule has 0 spiro atoms. The van der Waals surface area contributed by atoms with E-state index < -0.39 is 0 Å². The Kier molecular flexibility index (Phi) is 8.94. The van der Waals surface area contributed by atoms with Crippen LogP contribution in [0.15, 0.2) is 0 Å². The minimum Gasteiger partial charge on any atom is -0.300 e. The van der Waals surface area contributed by atoms with Gasteiger partial charge < -0.3 is 4.90 Å². The maximum Gasteiger partial charge on any atom is 0.0126 e.